The summed E-state index contributed by atoms with van der Waals surface area (Å²) in [5, 5.41) is 9.54. The average Bonchev–Trinajstić information content (AvgIpc) is 2.61. The van der Waals surface area contributed by atoms with E-state index in [1.165, 1.54) is 6.07 Å². The van der Waals surface area contributed by atoms with Crippen LogP contribution in [0.2, 0.25) is 0 Å². The standard InChI is InChI=1S/C11H11NO3/c12-4-3-7-1-2-8-6-10(11(13)14)15-9(8)5-7/h1-2,5-6H,3-4,12H2,(H,13,14). The van der Waals surface area contributed by atoms with Crippen molar-refractivity contribution in [2.24, 2.45) is 5.73 Å². The van der Waals surface area contributed by atoms with E-state index in [0.717, 1.165) is 17.4 Å². The van der Waals surface area contributed by atoms with Crippen LogP contribution in [0, 0.1) is 0 Å². The number of rotatable bonds is 3. The summed E-state index contributed by atoms with van der Waals surface area (Å²) in [5.41, 5.74) is 7.08. The second kappa shape index (κ2) is 3.74. The third kappa shape index (κ3) is 1.85. The molecule has 0 fully saturated rings. The Morgan fingerprint density at radius 2 is 2.20 bits per heavy atom. The van der Waals surface area contributed by atoms with Gasteiger partial charge < -0.3 is 15.3 Å². The molecule has 15 heavy (non-hydrogen) atoms. The smallest absolute Gasteiger partial charge is 0.371 e. The van der Waals surface area contributed by atoms with E-state index >= 15 is 0 Å². The summed E-state index contributed by atoms with van der Waals surface area (Å²) in [6.45, 7) is 0.567. The highest BCUT2D eigenvalue weighted by molar-refractivity contribution is 5.91. The van der Waals surface area contributed by atoms with Crippen LogP contribution in [0.1, 0.15) is 16.1 Å². The quantitative estimate of drug-likeness (QED) is 0.798. The van der Waals surface area contributed by atoms with E-state index in [2.05, 4.69) is 0 Å². The first-order valence-corrected chi connectivity index (χ1v) is 4.66. The van der Waals surface area contributed by atoms with Crippen LogP contribution in [0.4, 0.5) is 0 Å². The molecular weight excluding hydrogens is 194 g/mol. The lowest BCUT2D eigenvalue weighted by Crippen LogP contribution is -2.02. The van der Waals surface area contributed by atoms with Gasteiger partial charge in [0.05, 0.1) is 0 Å². The lowest BCUT2D eigenvalue weighted by molar-refractivity contribution is 0.0665. The van der Waals surface area contributed by atoms with Gasteiger partial charge in [-0.3, -0.25) is 0 Å². The molecule has 1 aromatic heterocycles. The SMILES string of the molecule is NCCc1ccc2cc(C(=O)O)oc2c1. The zero-order valence-electron chi connectivity index (χ0n) is 8.06. The van der Waals surface area contributed by atoms with Crippen LogP contribution in [0.15, 0.2) is 28.7 Å². The van der Waals surface area contributed by atoms with E-state index in [1.807, 2.05) is 18.2 Å². The number of carboxylic acids is 1. The van der Waals surface area contributed by atoms with Crippen molar-refractivity contribution in [2.75, 3.05) is 6.54 Å². The van der Waals surface area contributed by atoms with Gasteiger partial charge in [0.15, 0.2) is 0 Å². The summed E-state index contributed by atoms with van der Waals surface area (Å²) in [6, 6.07) is 7.12. The van der Waals surface area contributed by atoms with E-state index in [4.69, 9.17) is 15.3 Å². The first-order chi connectivity index (χ1) is 7.20. The second-order valence-corrected chi connectivity index (χ2v) is 3.33. The van der Waals surface area contributed by atoms with Crippen molar-refractivity contribution >= 4 is 16.9 Å². The number of hydrogen-bond acceptors (Lipinski definition) is 3. The number of nitrogens with two attached hydrogens (primary N) is 1. The van der Waals surface area contributed by atoms with Crippen LogP contribution in [0.5, 0.6) is 0 Å². The molecule has 4 heteroatoms. The molecule has 4 nitrogen and oxygen atoms in total. The van der Waals surface area contributed by atoms with Gasteiger partial charge in [-0.1, -0.05) is 12.1 Å². The maximum absolute atomic E-state index is 10.7. The molecular formula is C11H11NO3. The number of carboxylic acid groups (broad SMARTS) is 1. The Bertz CT molecular complexity index is 502. The fraction of sp³-hybridized carbons (Fsp3) is 0.182. The molecule has 1 heterocycles. The van der Waals surface area contributed by atoms with Crippen LogP contribution < -0.4 is 5.73 Å². The molecule has 0 saturated carbocycles. The van der Waals surface area contributed by atoms with E-state index in [9.17, 15) is 4.79 Å². The highest BCUT2D eigenvalue weighted by atomic mass is 16.4. The predicted molar refractivity (Wildman–Crippen MR) is 55.9 cm³/mol. The Morgan fingerprint density at radius 3 is 2.87 bits per heavy atom. The Balaban J connectivity index is 2.47. The maximum Gasteiger partial charge on any atom is 0.371 e. The molecule has 0 unspecified atom stereocenters. The Kier molecular flexibility index (Phi) is 2.43. The van der Waals surface area contributed by atoms with Crippen LogP contribution >= 0.6 is 0 Å². The topological polar surface area (TPSA) is 76.5 Å². The van der Waals surface area contributed by atoms with Crippen molar-refractivity contribution in [3.63, 3.8) is 0 Å². The highest BCUT2D eigenvalue weighted by Gasteiger charge is 2.10. The minimum atomic E-state index is -1.05. The summed E-state index contributed by atoms with van der Waals surface area (Å²) in [4.78, 5) is 10.7. The fourth-order valence-corrected chi connectivity index (χ4v) is 1.50. The summed E-state index contributed by atoms with van der Waals surface area (Å²) in [7, 11) is 0. The lowest BCUT2D eigenvalue weighted by atomic mass is 10.1. The Labute approximate surface area is 86.3 Å². The van der Waals surface area contributed by atoms with Crippen molar-refractivity contribution in [3.8, 4) is 0 Å². The van der Waals surface area contributed by atoms with Crippen LogP contribution in [0.25, 0.3) is 11.0 Å². The van der Waals surface area contributed by atoms with Crippen LogP contribution in [-0.4, -0.2) is 17.6 Å². The lowest BCUT2D eigenvalue weighted by Gasteiger charge is -1.96. The molecule has 0 atom stereocenters. The van der Waals surface area contributed by atoms with Crippen molar-refractivity contribution in [3.05, 3.63) is 35.6 Å². The van der Waals surface area contributed by atoms with Gasteiger partial charge in [0.2, 0.25) is 5.76 Å². The zero-order chi connectivity index (χ0) is 10.8. The third-order valence-corrected chi connectivity index (χ3v) is 2.23. The van der Waals surface area contributed by atoms with E-state index < -0.39 is 5.97 Å². The molecule has 78 valence electrons. The van der Waals surface area contributed by atoms with Crippen molar-refractivity contribution < 1.29 is 14.3 Å². The molecule has 2 rings (SSSR count). The zero-order valence-corrected chi connectivity index (χ0v) is 8.06. The molecule has 0 radical (unpaired) electrons. The van der Waals surface area contributed by atoms with Crippen molar-refractivity contribution in [1.29, 1.82) is 0 Å². The molecule has 0 bridgehead atoms. The van der Waals surface area contributed by atoms with Gasteiger partial charge in [-0.15, -0.1) is 0 Å². The average molecular weight is 205 g/mol. The predicted octanol–water partition coefficient (Wildman–Crippen LogP) is 1.63. The molecule has 2 aromatic rings. The molecule has 1 aromatic carbocycles. The molecule has 0 saturated heterocycles. The monoisotopic (exact) mass is 205 g/mol. The van der Waals surface area contributed by atoms with E-state index in [-0.39, 0.29) is 5.76 Å². The van der Waals surface area contributed by atoms with Crippen LogP contribution in [0.3, 0.4) is 0 Å². The van der Waals surface area contributed by atoms with Gasteiger partial charge in [-0.25, -0.2) is 4.79 Å². The first-order valence-electron chi connectivity index (χ1n) is 4.66. The minimum absolute atomic E-state index is 0.0325. The number of fused-ring (bicyclic) bond motifs is 1. The normalized spacial score (nSPS) is 10.7. The second-order valence-electron chi connectivity index (χ2n) is 3.33. The minimum Gasteiger partial charge on any atom is -0.475 e. The summed E-state index contributed by atoms with van der Waals surface area (Å²) < 4.78 is 5.18. The van der Waals surface area contributed by atoms with Crippen molar-refractivity contribution in [2.45, 2.75) is 6.42 Å². The third-order valence-electron chi connectivity index (χ3n) is 2.23. The number of benzene rings is 1. The van der Waals surface area contributed by atoms with Gasteiger partial charge in [0, 0.05) is 5.39 Å². The van der Waals surface area contributed by atoms with Gasteiger partial charge in [-0.2, -0.15) is 0 Å². The van der Waals surface area contributed by atoms with E-state index in [1.54, 1.807) is 0 Å². The highest BCUT2D eigenvalue weighted by Crippen LogP contribution is 2.20. The number of hydrogen-bond donors (Lipinski definition) is 2. The molecule has 3 N–H and O–H groups in total. The number of carbonyl (C=O) groups is 1. The van der Waals surface area contributed by atoms with E-state index in [0.29, 0.717) is 12.1 Å². The largest absolute Gasteiger partial charge is 0.475 e. The van der Waals surface area contributed by atoms with Gasteiger partial charge in [0.1, 0.15) is 5.58 Å². The Hall–Kier alpha value is -1.81. The van der Waals surface area contributed by atoms with Gasteiger partial charge >= 0.3 is 5.97 Å². The van der Waals surface area contributed by atoms with Crippen LogP contribution in [-0.2, 0) is 6.42 Å². The molecule has 0 amide bonds. The first kappa shape index (κ1) is 9.73. The fourth-order valence-electron chi connectivity index (χ4n) is 1.50. The molecule has 0 aliphatic carbocycles. The Morgan fingerprint density at radius 1 is 1.40 bits per heavy atom. The molecule has 0 aliphatic heterocycles. The maximum atomic E-state index is 10.7. The van der Waals surface area contributed by atoms with Gasteiger partial charge in [0.25, 0.3) is 0 Å². The van der Waals surface area contributed by atoms with Gasteiger partial charge in [-0.05, 0) is 30.7 Å². The number of furan rings is 1. The number of aromatic carboxylic acids is 1. The summed E-state index contributed by atoms with van der Waals surface area (Å²) in [5.74, 6) is -1.08. The summed E-state index contributed by atoms with van der Waals surface area (Å²) in [6.07, 6.45) is 0.763. The van der Waals surface area contributed by atoms with Crippen molar-refractivity contribution in [1.82, 2.24) is 0 Å². The molecule has 0 aliphatic rings. The molecule has 0 spiro atoms. The summed E-state index contributed by atoms with van der Waals surface area (Å²) >= 11 is 0.